The van der Waals surface area contributed by atoms with Gasteiger partial charge < -0.3 is 14.6 Å². The molecule has 1 saturated heterocycles. The largest absolute Gasteiger partial charge is 0.481 e. The number of aliphatic carboxylic acids is 1. The highest BCUT2D eigenvalue weighted by molar-refractivity contribution is 7.89. The predicted octanol–water partition coefficient (Wildman–Crippen LogP) is 5.05. The quantitative estimate of drug-likeness (QED) is 0.290. The van der Waals surface area contributed by atoms with E-state index in [1.807, 2.05) is 25.1 Å². The van der Waals surface area contributed by atoms with Crippen molar-refractivity contribution in [3.05, 3.63) is 82.4 Å². The molecule has 2 aliphatic heterocycles. The molecule has 14 heteroatoms. The molecule has 11 nitrogen and oxygen atoms in total. The third-order valence-corrected chi connectivity index (χ3v) is 11.1. The van der Waals surface area contributed by atoms with E-state index in [1.165, 1.54) is 27.2 Å². The molecule has 1 fully saturated rings. The number of aryl methyl sites for hydroxylation is 2. The minimum atomic E-state index is -4.04. The Labute approximate surface area is 265 Å². The number of fused-ring (bicyclic) bond motifs is 2. The van der Waals surface area contributed by atoms with Crippen LogP contribution in [0.3, 0.4) is 0 Å². The van der Waals surface area contributed by atoms with E-state index in [0.717, 1.165) is 5.56 Å². The number of alkyl halides is 2. The predicted molar refractivity (Wildman–Crippen MR) is 162 cm³/mol. The fourth-order valence-electron chi connectivity index (χ4n) is 6.49. The van der Waals surface area contributed by atoms with Crippen LogP contribution in [0.5, 0.6) is 5.88 Å². The van der Waals surface area contributed by atoms with Crippen molar-refractivity contribution in [3.63, 3.8) is 0 Å². The van der Waals surface area contributed by atoms with Gasteiger partial charge in [0, 0.05) is 37.7 Å². The van der Waals surface area contributed by atoms with E-state index in [-0.39, 0.29) is 29.5 Å². The van der Waals surface area contributed by atoms with E-state index >= 15 is 0 Å². The molecular formula is C32H35F2N5O6S. The maximum Gasteiger partial charge on any atom is 0.310 e. The number of carbonyl (C=O) groups is 1. The number of pyridine rings is 2. The number of sulfonamides is 1. The molecule has 3 aromatic heterocycles. The molecule has 1 unspecified atom stereocenters. The lowest BCUT2D eigenvalue weighted by atomic mass is 9.70. The minimum Gasteiger partial charge on any atom is -0.481 e. The van der Waals surface area contributed by atoms with E-state index in [0.29, 0.717) is 48.3 Å². The summed E-state index contributed by atoms with van der Waals surface area (Å²) >= 11 is 0. The number of hydrogen-bond donors (Lipinski definition) is 1. The fourth-order valence-corrected chi connectivity index (χ4v) is 8.05. The van der Waals surface area contributed by atoms with Crippen LogP contribution in [0.1, 0.15) is 72.7 Å². The summed E-state index contributed by atoms with van der Waals surface area (Å²) in [6, 6.07) is 10.2. The maximum atomic E-state index is 14.1. The standard InChI is InChI=1S/C32H35F2N5O6S/c1-19-7-8-21(25(31(3,4)30(40)41)23-9-13-39-27(20(23)2)36-37-28(39)26(33)34)16-22(19)17-38-18-32(10-14-44-15-11-32)45-29-24(46(38,42)43)6-5-12-35-29/h5-9,12-13,16,25-26H,10-11,14-15,17-18H2,1-4H3,(H,40,41). The van der Waals surface area contributed by atoms with Crippen LogP contribution in [0.4, 0.5) is 8.78 Å². The summed E-state index contributed by atoms with van der Waals surface area (Å²) in [7, 11) is -4.04. The highest BCUT2D eigenvalue weighted by Gasteiger charge is 2.46. The van der Waals surface area contributed by atoms with Gasteiger partial charge in [-0.05, 0) is 73.7 Å². The summed E-state index contributed by atoms with van der Waals surface area (Å²) in [5, 5.41) is 18.0. The third-order valence-electron chi connectivity index (χ3n) is 9.26. The van der Waals surface area contributed by atoms with Gasteiger partial charge in [0.05, 0.1) is 25.2 Å². The number of carboxylic acids is 1. The molecule has 1 atom stereocenters. The zero-order chi connectivity index (χ0) is 33.0. The van der Waals surface area contributed by atoms with Gasteiger partial charge in [0.15, 0.2) is 5.65 Å². The molecule has 1 spiro atoms. The average molecular weight is 656 g/mol. The number of ether oxygens (including phenoxy) is 2. The highest BCUT2D eigenvalue weighted by Crippen LogP contribution is 2.44. The first-order valence-corrected chi connectivity index (χ1v) is 16.4. The Hall–Kier alpha value is -4.01. The van der Waals surface area contributed by atoms with E-state index in [1.54, 1.807) is 32.9 Å². The second kappa shape index (κ2) is 11.7. The number of carboxylic acid groups (broad SMARTS) is 1. The molecular weight excluding hydrogens is 620 g/mol. The van der Waals surface area contributed by atoms with Crippen molar-refractivity contribution in [2.45, 2.75) is 69.9 Å². The Morgan fingerprint density at radius 2 is 1.87 bits per heavy atom. The van der Waals surface area contributed by atoms with Crippen LogP contribution < -0.4 is 4.74 Å². The van der Waals surface area contributed by atoms with Gasteiger partial charge in [-0.15, -0.1) is 10.2 Å². The van der Waals surface area contributed by atoms with Gasteiger partial charge in [0.2, 0.25) is 21.7 Å². The van der Waals surface area contributed by atoms with Crippen molar-refractivity contribution in [2.24, 2.45) is 5.41 Å². The van der Waals surface area contributed by atoms with E-state index in [2.05, 4.69) is 15.2 Å². The summed E-state index contributed by atoms with van der Waals surface area (Å²) in [4.78, 5) is 17.0. The van der Waals surface area contributed by atoms with Crippen molar-refractivity contribution in [1.82, 2.24) is 23.9 Å². The van der Waals surface area contributed by atoms with Crippen molar-refractivity contribution in [3.8, 4) is 5.88 Å². The van der Waals surface area contributed by atoms with Crippen LogP contribution >= 0.6 is 0 Å². The van der Waals surface area contributed by atoms with Crippen molar-refractivity contribution >= 4 is 21.6 Å². The first-order valence-electron chi connectivity index (χ1n) is 14.9. The molecule has 0 aliphatic carbocycles. The van der Waals surface area contributed by atoms with Crippen LogP contribution in [-0.4, -0.2) is 68.7 Å². The van der Waals surface area contributed by atoms with Crippen LogP contribution in [-0.2, 0) is 26.1 Å². The lowest BCUT2D eigenvalue weighted by molar-refractivity contribution is -0.147. The third kappa shape index (κ3) is 5.41. The Bertz CT molecular complexity index is 1920. The molecule has 46 heavy (non-hydrogen) atoms. The average Bonchev–Trinajstić information content (AvgIpc) is 3.42. The topological polar surface area (TPSA) is 136 Å². The molecule has 244 valence electrons. The number of rotatable bonds is 7. The number of aromatic nitrogens is 4. The molecule has 0 amide bonds. The zero-order valence-electron chi connectivity index (χ0n) is 25.9. The first-order chi connectivity index (χ1) is 21.7. The van der Waals surface area contributed by atoms with E-state index < -0.39 is 45.2 Å². The first kappa shape index (κ1) is 32.0. The summed E-state index contributed by atoms with van der Waals surface area (Å²) in [5.41, 5.74) is 1.24. The van der Waals surface area contributed by atoms with E-state index in [9.17, 15) is 27.1 Å². The molecule has 0 radical (unpaired) electrons. The zero-order valence-corrected chi connectivity index (χ0v) is 26.7. The minimum absolute atomic E-state index is 0.00245. The van der Waals surface area contributed by atoms with Gasteiger partial charge in [-0.3, -0.25) is 9.20 Å². The molecule has 0 saturated carbocycles. The molecule has 2 aliphatic rings. The van der Waals surface area contributed by atoms with Gasteiger partial charge in [-0.1, -0.05) is 18.2 Å². The molecule has 4 aromatic rings. The summed E-state index contributed by atoms with van der Waals surface area (Å²) < 4.78 is 69.9. The Morgan fingerprint density at radius 1 is 1.13 bits per heavy atom. The Balaban J connectivity index is 1.46. The van der Waals surface area contributed by atoms with Crippen molar-refractivity contribution < 1.29 is 36.6 Å². The number of nitrogens with zero attached hydrogens (tertiary/aromatic N) is 5. The molecule has 5 heterocycles. The normalized spacial score (nSPS) is 18.7. The van der Waals surface area contributed by atoms with Gasteiger partial charge in [0.1, 0.15) is 10.5 Å². The van der Waals surface area contributed by atoms with Crippen molar-refractivity contribution in [2.75, 3.05) is 19.8 Å². The van der Waals surface area contributed by atoms with E-state index in [4.69, 9.17) is 9.47 Å². The molecule has 1 aromatic carbocycles. The van der Waals surface area contributed by atoms with Crippen LogP contribution in [0.25, 0.3) is 5.65 Å². The summed E-state index contributed by atoms with van der Waals surface area (Å²) in [6.07, 6.45) is 1.07. The molecule has 0 bridgehead atoms. The summed E-state index contributed by atoms with van der Waals surface area (Å²) in [6.45, 7) is 7.71. The van der Waals surface area contributed by atoms with Gasteiger partial charge >= 0.3 is 5.97 Å². The van der Waals surface area contributed by atoms with Crippen molar-refractivity contribution in [1.29, 1.82) is 0 Å². The molecule has 6 rings (SSSR count). The molecule has 1 N–H and O–H groups in total. The second-order valence-electron chi connectivity index (χ2n) is 12.6. The number of hydrogen-bond acceptors (Lipinski definition) is 8. The second-order valence-corrected chi connectivity index (χ2v) is 14.5. The van der Waals surface area contributed by atoms with Crippen LogP contribution in [0, 0.1) is 19.3 Å². The Kier molecular flexibility index (Phi) is 8.10. The monoisotopic (exact) mass is 655 g/mol. The van der Waals surface area contributed by atoms with Crippen LogP contribution in [0.2, 0.25) is 0 Å². The fraction of sp³-hybridized carbons (Fsp3) is 0.438. The van der Waals surface area contributed by atoms with Gasteiger partial charge in [0.25, 0.3) is 6.43 Å². The maximum absolute atomic E-state index is 14.1. The number of benzene rings is 1. The number of halogens is 2. The van der Waals surface area contributed by atoms with Gasteiger partial charge in [-0.2, -0.15) is 4.31 Å². The lowest BCUT2D eigenvalue weighted by Gasteiger charge is -2.38. The summed E-state index contributed by atoms with van der Waals surface area (Å²) in [5.74, 6) is -2.25. The highest BCUT2D eigenvalue weighted by atomic mass is 32.2. The van der Waals surface area contributed by atoms with Crippen LogP contribution in [0.15, 0.2) is 53.7 Å². The van der Waals surface area contributed by atoms with Gasteiger partial charge in [-0.25, -0.2) is 22.2 Å². The Morgan fingerprint density at radius 3 is 2.57 bits per heavy atom. The lowest BCUT2D eigenvalue weighted by Crippen LogP contribution is -2.50. The smallest absolute Gasteiger partial charge is 0.310 e. The SMILES string of the molecule is Cc1ccc(C(c2ccn3c(C(F)F)nnc3c2C)C(C)(C)C(=O)O)cc1CN1CC2(CCOCC2)Oc2ncccc2S1(=O)=O.